The van der Waals surface area contributed by atoms with Crippen LogP contribution in [0, 0.1) is 19.8 Å². The fourth-order valence-electron chi connectivity index (χ4n) is 4.38. The SMILES string of the molecule is Cc1noc(C)c1-c1cnc(CCC2CCCN2C(=O)C2CCOCC2)cn1. The second kappa shape index (κ2) is 8.39. The maximum Gasteiger partial charge on any atom is 0.226 e. The van der Waals surface area contributed by atoms with Crippen molar-refractivity contribution in [3.05, 3.63) is 29.5 Å². The van der Waals surface area contributed by atoms with E-state index >= 15 is 0 Å². The molecule has 0 aromatic carbocycles. The van der Waals surface area contributed by atoms with Gasteiger partial charge in [-0.3, -0.25) is 14.8 Å². The van der Waals surface area contributed by atoms with E-state index in [2.05, 4.69) is 20.0 Å². The summed E-state index contributed by atoms with van der Waals surface area (Å²) >= 11 is 0. The van der Waals surface area contributed by atoms with E-state index in [1.807, 2.05) is 20.0 Å². The number of carbonyl (C=O) groups excluding carboxylic acids is 1. The van der Waals surface area contributed by atoms with Gasteiger partial charge in [-0.25, -0.2) is 0 Å². The highest BCUT2D eigenvalue weighted by atomic mass is 16.5. The Morgan fingerprint density at radius 1 is 1.18 bits per heavy atom. The van der Waals surface area contributed by atoms with Crippen molar-refractivity contribution in [2.75, 3.05) is 19.8 Å². The number of likely N-dealkylation sites (tertiary alicyclic amines) is 1. The lowest BCUT2D eigenvalue weighted by Gasteiger charge is -2.30. The predicted octanol–water partition coefficient (Wildman–Crippen LogP) is 3.10. The number of rotatable bonds is 5. The molecular weight excluding hydrogens is 356 g/mol. The van der Waals surface area contributed by atoms with Gasteiger partial charge in [-0.05, 0) is 52.4 Å². The Labute approximate surface area is 165 Å². The van der Waals surface area contributed by atoms with E-state index in [0.717, 1.165) is 73.5 Å². The summed E-state index contributed by atoms with van der Waals surface area (Å²) < 4.78 is 10.6. The zero-order chi connectivity index (χ0) is 19.5. The Morgan fingerprint density at radius 3 is 2.68 bits per heavy atom. The highest BCUT2D eigenvalue weighted by Crippen LogP contribution is 2.27. The van der Waals surface area contributed by atoms with Crippen molar-refractivity contribution in [3.8, 4) is 11.3 Å². The molecule has 2 fully saturated rings. The molecule has 7 nitrogen and oxygen atoms in total. The van der Waals surface area contributed by atoms with E-state index in [9.17, 15) is 4.79 Å². The zero-order valence-electron chi connectivity index (χ0n) is 16.7. The minimum Gasteiger partial charge on any atom is -0.381 e. The van der Waals surface area contributed by atoms with Crippen molar-refractivity contribution in [2.45, 2.75) is 58.4 Å². The van der Waals surface area contributed by atoms with Crippen LogP contribution in [0.15, 0.2) is 16.9 Å². The van der Waals surface area contributed by atoms with E-state index in [-0.39, 0.29) is 5.92 Å². The molecule has 0 radical (unpaired) electrons. The zero-order valence-corrected chi connectivity index (χ0v) is 16.7. The molecule has 1 amide bonds. The van der Waals surface area contributed by atoms with Gasteiger partial charge < -0.3 is 14.2 Å². The molecule has 0 N–H and O–H groups in total. The quantitative estimate of drug-likeness (QED) is 0.788. The second-order valence-electron chi connectivity index (χ2n) is 7.85. The second-order valence-corrected chi connectivity index (χ2v) is 7.85. The summed E-state index contributed by atoms with van der Waals surface area (Å²) in [5.41, 5.74) is 3.49. The van der Waals surface area contributed by atoms with Gasteiger partial charge in [0.15, 0.2) is 0 Å². The summed E-state index contributed by atoms with van der Waals surface area (Å²) in [6, 6.07) is 0.319. The van der Waals surface area contributed by atoms with Crippen LogP contribution in [0.1, 0.15) is 49.3 Å². The predicted molar refractivity (Wildman–Crippen MR) is 104 cm³/mol. The minimum absolute atomic E-state index is 0.142. The van der Waals surface area contributed by atoms with Crippen molar-refractivity contribution in [1.29, 1.82) is 0 Å². The first-order chi connectivity index (χ1) is 13.6. The Balaban J connectivity index is 1.36. The van der Waals surface area contributed by atoms with Crippen LogP contribution in [0.4, 0.5) is 0 Å². The number of carbonyl (C=O) groups is 1. The number of ether oxygens (including phenoxy) is 1. The third-order valence-corrected chi connectivity index (χ3v) is 5.96. The first-order valence-electron chi connectivity index (χ1n) is 10.3. The molecule has 0 aliphatic carbocycles. The van der Waals surface area contributed by atoms with Gasteiger partial charge in [0, 0.05) is 37.9 Å². The van der Waals surface area contributed by atoms with E-state index in [1.54, 1.807) is 6.20 Å². The number of hydrogen-bond donors (Lipinski definition) is 0. The molecule has 4 heterocycles. The lowest BCUT2D eigenvalue weighted by atomic mass is 9.97. The Hall–Kier alpha value is -2.28. The smallest absolute Gasteiger partial charge is 0.226 e. The molecule has 2 saturated heterocycles. The highest BCUT2D eigenvalue weighted by molar-refractivity contribution is 5.79. The van der Waals surface area contributed by atoms with Gasteiger partial charge in [0.25, 0.3) is 0 Å². The topological polar surface area (TPSA) is 81.4 Å². The fraction of sp³-hybridized carbons (Fsp3) is 0.619. The Bertz CT molecular complexity index is 792. The van der Waals surface area contributed by atoms with Gasteiger partial charge in [-0.1, -0.05) is 5.16 Å². The fourth-order valence-corrected chi connectivity index (χ4v) is 4.38. The van der Waals surface area contributed by atoms with Gasteiger partial charge in [-0.2, -0.15) is 0 Å². The normalized spacial score (nSPS) is 20.6. The van der Waals surface area contributed by atoms with Crippen molar-refractivity contribution >= 4 is 5.91 Å². The number of amides is 1. The van der Waals surface area contributed by atoms with Crippen LogP contribution >= 0.6 is 0 Å². The molecule has 1 atom stereocenters. The average molecular weight is 384 g/mol. The van der Waals surface area contributed by atoms with Crippen molar-refractivity contribution in [3.63, 3.8) is 0 Å². The molecule has 28 heavy (non-hydrogen) atoms. The van der Waals surface area contributed by atoms with Crippen LogP contribution < -0.4 is 0 Å². The number of nitrogens with zero attached hydrogens (tertiary/aromatic N) is 4. The van der Waals surface area contributed by atoms with E-state index in [4.69, 9.17) is 9.26 Å². The van der Waals surface area contributed by atoms with Crippen LogP contribution in [-0.2, 0) is 16.0 Å². The molecule has 2 aliphatic rings. The molecule has 2 aliphatic heterocycles. The van der Waals surface area contributed by atoms with Gasteiger partial charge in [-0.15, -0.1) is 0 Å². The summed E-state index contributed by atoms with van der Waals surface area (Å²) in [7, 11) is 0. The van der Waals surface area contributed by atoms with Gasteiger partial charge in [0.2, 0.25) is 5.91 Å². The summed E-state index contributed by atoms with van der Waals surface area (Å²) in [5, 5.41) is 3.98. The third-order valence-electron chi connectivity index (χ3n) is 5.96. The van der Waals surface area contributed by atoms with Crippen LogP contribution in [0.2, 0.25) is 0 Å². The standard InChI is InChI=1S/C21H28N4O3/c1-14-20(15(2)28-24-14)19-13-22-17(12-23-19)5-6-18-4-3-9-25(18)21(26)16-7-10-27-11-8-16/h12-13,16,18H,3-11H2,1-2H3. The Morgan fingerprint density at radius 2 is 2.00 bits per heavy atom. The summed E-state index contributed by atoms with van der Waals surface area (Å²) in [6.45, 7) is 6.10. The van der Waals surface area contributed by atoms with Crippen LogP contribution in [-0.4, -0.2) is 51.7 Å². The molecule has 1 unspecified atom stereocenters. The number of hydrogen-bond acceptors (Lipinski definition) is 6. The van der Waals surface area contributed by atoms with Gasteiger partial charge in [0.05, 0.1) is 28.8 Å². The molecule has 2 aromatic rings. The number of aromatic nitrogens is 3. The molecular formula is C21H28N4O3. The van der Waals surface area contributed by atoms with E-state index in [1.165, 1.54) is 0 Å². The lowest BCUT2D eigenvalue weighted by Crippen LogP contribution is -2.41. The summed E-state index contributed by atoms with van der Waals surface area (Å²) in [5.74, 6) is 1.22. The van der Waals surface area contributed by atoms with Gasteiger partial charge in [0.1, 0.15) is 5.76 Å². The first kappa shape index (κ1) is 19.1. The summed E-state index contributed by atoms with van der Waals surface area (Å²) in [4.78, 5) is 24.1. The highest BCUT2D eigenvalue weighted by Gasteiger charge is 2.33. The molecule has 0 spiro atoms. The molecule has 7 heteroatoms. The molecule has 0 bridgehead atoms. The Kier molecular flexibility index (Phi) is 5.71. The number of aryl methyl sites for hydroxylation is 3. The summed E-state index contributed by atoms with van der Waals surface area (Å²) in [6.07, 6.45) is 9.29. The van der Waals surface area contributed by atoms with Crippen LogP contribution in [0.5, 0.6) is 0 Å². The van der Waals surface area contributed by atoms with Gasteiger partial charge >= 0.3 is 0 Å². The van der Waals surface area contributed by atoms with Crippen molar-refractivity contribution in [1.82, 2.24) is 20.0 Å². The van der Waals surface area contributed by atoms with E-state index < -0.39 is 0 Å². The lowest BCUT2D eigenvalue weighted by molar-refractivity contribution is -0.139. The maximum atomic E-state index is 12.9. The molecule has 4 rings (SSSR count). The molecule has 0 saturated carbocycles. The average Bonchev–Trinajstić information content (AvgIpc) is 3.33. The third kappa shape index (κ3) is 3.94. The van der Waals surface area contributed by atoms with Crippen molar-refractivity contribution < 1.29 is 14.1 Å². The minimum atomic E-state index is 0.142. The molecule has 150 valence electrons. The first-order valence-corrected chi connectivity index (χ1v) is 10.3. The van der Waals surface area contributed by atoms with Crippen LogP contribution in [0.25, 0.3) is 11.3 Å². The molecule has 2 aromatic heterocycles. The van der Waals surface area contributed by atoms with E-state index in [0.29, 0.717) is 25.2 Å². The monoisotopic (exact) mass is 384 g/mol. The van der Waals surface area contributed by atoms with Crippen LogP contribution in [0.3, 0.4) is 0 Å². The maximum absolute atomic E-state index is 12.9. The largest absolute Gasteiger partial charge is 0.381 e. The van der Waals surface area contributed by atoms with Crippen molar-refractivity contribution in [2.24, 2.45) is 5.92 Å².